The molecule has 3 rings (SSSR count). The van der Waals surface area contributed by atoms with Crippen molar-refractivity contribution in [2.75, 3.05) is 33.3 Å². The molecule has 7 nitrogen and oxygen atoms in total. The van der Waals surface area contributed by atoms with Crippen LogP contribution in [-0.2, 0) is 17.9 Å². The highest BCUT2D eigenvalue weighted by Gasteiger charge is 2.21. The Kier molecular flexibility index (Phi) is 5.78. The lowest BCUT2D eigenvalue weighted by molar-refractivity contribution is 0.0760. The van der Waals surface area contributed by atoms with Crippen LogP contribution in [0.5, 0.6) is 0 Å². The second kappa shape index (κ2) is 8.22. The van der Waals surface area contributed by atoms with Gasteiger partial charge in [0.05, 0.1) is 6.54 Å². The molecule has 134 valence electrons. The number of rotatable bonds is 5. The number of nitrogens with zero attached hydrogens (tertiary/aromatic N) is 4. The zero-order chi connectivity index (χ0) is 17.6. The monoisotopic (exact) mass is 344 g/mol. The molecule has 1 aromatic carbocycles. The number of benzene rings is 1. The summed E-state index contributed by atoms with van der Waals surface area (Å²) in [7, 11) is 1.60. The van der Waals surface area contributed by atoms with Gasteiger partial charge in [0.1, 0.15) is 6.61 Å². The number of hydrogen-bond donors (Lipinski definition) is 0. The third-order valence-electron chi connectivity index (χ3n) is 4.32. The summed E-state index contributed by atoms with van der Waals surface area (Å²) in [5.41, 5.74) is 1.91. The van der Waals surface area contributed by atoms with E-state index in [9.17, 15) is 4.79 Å². The molecular weight excluding hydrogens is 320 g/mol. The zero-order valence-electron chi connectivity index (χ0n) is 14.8. The Morgan fingerprint density at radius 3 is 2.76 bits per heavy atom. The highest BCUT2D eigenvalue weighted by atomic mass is 16.5. The van der Waals surface area contributed by atoms with E-state index in [1.165, 1.54) is 0 Å². The second-order valence-electron chi connectivity index (χ2n) is 6.33. The van der Waals surface area contributed by atoms with Gasteiger partial charge in [0.25, 0.3) is 5.91 Å². The molecule has 0 spiro atoms. The van der Waals surface area contributed by atoms with Crippen LogP contribution in [0.1, 0.15) is 34.1 Å². The molecule has 2 heterocycles. The lowest BCUT2D eigenvalue weighted by atomic mass is 10.1. The van der Waals surface area contributed by atoms with Crippen molar-refractivity contribution in [3.8, 4) is 0 Å². The number of carbonyl (C=O) groups excluding carboxylic acids is 1. The summed E-state index contributed by atoms with van der Waals surface area (Å²) in [6.07, 6.45) is 0.927. The highest BCUT2D eigenvalue weighted by Crippen LogP contribution is 2.12. The van der Waals surface area contributed by atoms with Crippen LogP contribution in [0.25, 0.3) is 0 Å². The summed E-state index contributed by atoms with van der Waals surface area (Å²) in [5.74, 6) is 1.25. The molecular formula is C18H24N4O3. The van der Waals surface area contributed by atoms with Gasteiger partial charge < -0.3 is 14.2 Å². The van der Waals surface area contributed by atoms with Crippen LogP contribution >= 0.6 is 0 Å². The summed E-state index contributed by atoms with van der Waals surface area (Å²) < 4.78 is 10.3. The molecule has 2 aromatic rings. The molecule has 1 aliphatic rings. The average molecular weight is 344 g/mol. The molecule has 7 heteroatoms. The van der Waals surface area contributed by atoms with E-state index in [4.69, 9.17) is 9.26 Å². The minimum absolute atomic E-state index is 0.0991. The van der Waals surface area contributed by atoms with Crippen molar-refractivity contribution < 1.29 is 14.1 Å². The summed E-state index contributed by atoms with van der Waals surface area (Å²) >= 11 is 0. The van der Waals surface area contributed by atoms with E-state index >= 15 is 0 Å². The average Bonchev–Trinajstić information content (AvgIpc) is 2.91. The first-order valence-electron chi connectivity index (χ1n) is 8.54. The van der Waals surface area contributed by atoms with Crippen molar-refractivity contribution in [1.82, 2.24) is 19.9 Å². The van der Waals surface area contributed by atoms with Crippen molar-refractivity contribution in [3.05, 3.63) is 47.1 Å². The number of aryl methyl sites for hydroxylation is 1. The first-order valence-corrected chi connectivity index (χ1v) is 8.54. The molecule has 0 saturated carbocycles. The van der Waals surface area contributed by atoms with Gasteiger partial charge in [0.15, 0.2) is 5.82 Å². The van der Waals surface area contributed by atoms with Gasteiger partial charge in [-0.3, -0.25) is 9.69 Å². The molecule has 0 bridgehead atoms. The van der Waals surface area contributed by atoms with E-state index in [1.54, 1.807) is 7.11 Å². The fourth-order valence-corrected chi connectivity index (χ4v) is 2.94. The van der Waals surface area contributed by atoms with E-state index in [0.29, 0.717) is 31.4 Å². The smallest absolute Gasteiger partial charge is 0.253 e. The number of methoxy groups -OCH3 is 1. The second-order valence-corrected chi connectivity index (χ2v) is 6.33. The molecule has 1 amide bonds. The van der Waals surface area contributed by atoms with E-state index < -0.39 is 0 Å². The maximum atomic E-state index is 12.7. The van der Waals surface area contributed by atoms with Crippen molar-refractivity contribution in [2.24, 2.45) is 0 Å². The molecule has 1 saturated heterocycles. The van der Waals surface area contributed by atoms with Crippen molar-refractivity contribution >= 4 is 5.91 Å². The lowest BCUT2D eigenvalue weighted by Crippen LogP contribution is -2.35. The van der Waals surface area contributed by atoms with Crippen LogP contribution in [0.4, 0.5) is 0 Å². The molecule has 0 aliphatic carbocycles. The molecule has 25 heavy (non-hydrogen) atoms. The van der Waals surface area contributed by atoms with Gasteiger partial charge in [-0.25, -0.2) is 0 Å². The maximum absolute atomic E-state index is 12.7. The van der Waals surface area contributed by atoms with Gasteiger partial charge in [0.2, 0.25) is 5.89 Å². The first kappa shape index (κ1) is 17.6. The van der Waals surface area contributed by atoms with Gasteiger partial charge in [-0.05, 0) is 25.5 Å². The Bertz CT molecular complexity index is 699. The molecule has 0 radical (unpaired) electrons. The molecule has 0 unspecified atom stereocenters. The third kappa shape index (κ3) is 4.64. The lowest BCUT2D eigenvalue weighted by Gasteiger charge is -2.21. The standard InChI is InChI=1S/C18H24N4O3/c1-14-4-6-15(7-5-14)18(23)22-9-3-8-21(10-11-22)12-17-19-16(13-24-2)20-25-17/h4-7H,3,8-13H2,1-2H3. The van der Waals surface area contributed by atoms with Crippen LogP contribution in [0.15, 0.2) is 28.8 Å². The van der Waals surface area contributed by atoms with Crippen LogP contribution in [0, 0.1) is 6.92 Å². The SMILES string of the molecule is COCc1noc(CN2CCCN(C(=O)c3ccc(C)cc3)CC2)n1. The number of amides is 1. The predicted octanol–water partition coefficient (Wildman–Crippen LogP) is 1.87. The van der Waals surface area contributed by atoms with Gasteiger partial charge in [0, 0.05) is 38.9 Å². The number of carbonyl (C=O) groups is 1. The van der Waals surface area contributed by atoms with Crippen molar-refractivity contribution in [3.63, 3.8) is 0 Å². The van der Waals surface area contributed by atoms with E-state index in [0.717, 1.165) is 37.2 Å². The Morgan fingerprint density at radius 1 is 1.20 bits per heavy atom. The first-order chi connectivity index (χ1) is 12.2. The van der Waals surface area contributed by atoms with Crippen molar-refractivity contribution in [2.45, 2.75) is 26.5 Å². The molecule has 0 atom stereocenters. The van der Waals surface area contributed by atoms with Crippen molar-refractivity contribution in [1.29, 1.82) is 0 Å². The number of aromatic nitrogens is 2. The summed E-state index contributed by atoms with van der Waals surface area (Å²) in [5, 5.41) is 3.88. The Balaban J connectivity index is 1.56. The van der Waals surface area contributed by atoms with Crippen LogP contribution in [0.3, 0.4) is 0 Å². The van der Waals surface area contributed by atoms with Crippen LogP contribution < -0.4 is 0 Å². The topological polar surface area (TPSA) is 71.7 Å². The maximum Gasteiger partial charge on any atom is 0.253 e. The van der Waals surface area contributed by atoms with E-state index in [-0.39, 0.29) is 5.91 Å². The van der Waals surface area contributed by atoms with Crippen LogP contribution in [-0.4, -0.2) is 59.1 Å². The third-order valence-corrected chi connectivity index (χ3v) is 4.32. The Labute approximate surface area is 147 Å². The van der Waals surface area contributed by atoms with Gasteiger partial charge in [-0.2, -0.15) is 4.98 Å². The zero-order valence-corrected chi connectivity index (χ0v) is 14.8. The molecule has 1 aliphatic heterocycles. The fourth-order valence-electron chi connectivity index (χ4n) is 2.94. The minimum Gasteiger partial charge on any atom is -0.377 e. The number of hydrogen-bond acceptors (Lipinski definition) is 6. The highest BCUT2D eigenvalue weighted by molar-refractivity contribution is 5.94. The van der Waals surface area contributed by atoms with E-state index in [1.807, 2.05) is 36.1 Å². The number of ether oxygens (including phenoxy) is 1. The summed E-state index contributed by atoms with van der Waals surface area (Å²) in [6.45, 7) is 6.13. The molecule has 1 fully saturated rings. The fraction of sp³-hybridized carbons (Fsp3) is 0.500. The van der Waals surface area contributed by atoms with Gasteiger partial charge in [-0.15, -0.1) is 0 Å². The van der Waals surface area contributed by atoms with Gasteiger partial charge in [-0.1, -0.05) is 22.9 Å². The summed E-state index contributed by atoms with van der Waals surface area (Å²) in [4.78, 5) is 21.1. The quantitative estimate of drug-likeness (QED) is 0.825. The Morgan fingerprint density at radius 2 is 2.00 bits per heavy atom. The molecule has 0 N–H and O–H groups in total. The Hall–Kier alpha value is -2.25. The molecule has 1 aromatic heterocycles. The summed E-state index contributed by atoms with van der Waals surface area (Å²) in [6, 6.07) is 7.75. The van der Waals surface area contributed by atoms with Gasteiger partial charge >= 0.3 is 0 Å². The predicted molar refractivity (Wildman–Crippen MR) is 92.0 cm³/mol. The largest absolute Gasteiger partial charge is 0.377 e. The van der Waals surface area contributed by atoms with Crippen LogP contribution in [0.2, 0.25) is 0 Å². The van der Waals surface area contributed by atoms with E-state index in [2.05, 4.69) is 15.0 Å². The minimum atomic E-state index is 0.0991. The normalized spacial score (nSPS) is 16.0.